The molecule has 2 aliphatic rings. The van der Waals surface area contributed by atoms with E-state index in [1.807, 2.05) is 13.1 Å². The summed E-state index contributed by atoms with van der Waals surface area (Å²) in [4.78, 5) is 30.4. The molecule has 0 saturated carbocycles. The number of piperazine rings is 2. The minimum absolute atomic E-state index is 0.180. The van der Waals surface area contributed by atoms with Crippen molar-refractivity contribution in [2.45, 2.75) is 0 Å². The number of para-hydroxylation sites is 1. The molecule has 184 valence electrons. The Morgan fingerprint density at radius 2 is 1.31 bits per heavy atom. The highest BCUT2D eigenvalue weighted by Crippen LogP contribution is 2.19. The van der Waals surface area contributed by atoms with Gasteiger partial charge < -0.3 is 9.80 Å². The Balaban J connectivity index is 1.40. The van der Waals surface area contributed by atoms with Gasteiger partial charge in [0.1, 0.15) is 0 Å². The van der Waals surface area contributed by atoms with Crippen molar-refractivity contribution in [1.82, 2.24) is 28.2 Å². The second-order valence-electron chi connectivity index (χ2n) is 8.85. The van der Waals surface area contributed by atoms with Gasteiger partial charge in [0, 0.05) is 57.7 Å². The lowest BCUT2D eigenvalue weighted by molar-refractivity contribution is 0.0686. The summed E-state index contributed by atoms with van der Waals surface area (Å²) < 4.78 is 30.4. The normalized spacial score (nSPS) is 18.7. The van der Waals surface area contributed by atoms with Crippen LogP contribution in [-0.4, -0.2) is 102 Å². The van der Waals surface area contributed by atoms with Crippen molar-refractivity contribution >= 4 is 26.9 Å². The van der Waals surface area contributed by atoms with Crippen LogP contribution in [0.25, 0.3) is 16.5 Å². The lowest BCUT2D eigenvalue weighted by atomic mass is 10.1. The Kier molecular flexibility index (Phi) is 6.41. The number of fused-ring (bicyclic) bond motifs is 1. The van der Waals surface area contributed by atoms with Crippen molar-refractivity contribution in [3.8, 4) is 5.69 Å². The highest BCUT2D eigenvalue weighted by molar-refractivity contribution is 7.86. The Morgan fingerprint density at radius 3 is 1.94 bits per heavy atom. The number of nitrogens with zero attached hydrogens (tertiary/aromatic N) is 6. The summed E-state index contributed by atoms with van der Waals surface area (Å²) in [7, 11) is -1.59. The highest BCUT2D eigenvalue weighted by Gasteiger charge is 2.35. The smallest absolute Gasteiger partial charge is 0.282 e. The number of aromatic nitrogens is 2. The van der Waals surface area contributed by atoms with E-state index in [9.17, 15) is 18.0 Å². The minimum Gasteiger partial charge on any atom is -0.335 e. The summed E-state index contributed by atoms with van der Waals surface area (Å²) in [6.07, 6.45) is 0. The first kappa shape index (κ1) is 23.6. The highest BCUT2D eigenvalue weighted by atomic mass is 32.2. The quantitative estimate of drug-likeness (QED) is 0.526. The first-order valence-electron chi connectivity index (χ1n) is 11.7. The molecule has 35 heavy (non-hydrogen) atoms. The van der Waals surface area contributed by atoms with E-state index in [2.05, 4.69) is 10.00 Å². The molecule has 0 spiro atoms. The number of rotatable bonds is 4. The van der Waals surface area contributed by atoms with Crippen LogP contribution in [0.4, 0.5) is 0 Å². The van der Waals surface area contributed by atoms with Crippen molar-refractivity contribution in [3.63, 3.8) is 0 Å². The van der Waals surface area contributed by atoms with Gasteiger partial charge in [0.15, 0.2) is 5.69 Å². The standard InChI is InChI=1S/C24H28N6O4S/c1-26-11-15-28(16-12-26)35(33,34)29-17-13-27(14-18-29)24(32)22-20-9-5-6-10-21(20)23(31)30(25-22)19-7-3-2-4-8-19/h2-10H,11-18H2,1H3. The number of hydrogen-bond acceptors (Lipinski definition) is 6. The molecule has 0 N–H and O–H groups in total. The molecule has 5 rings (SSSR count). The van der Waals surface area contributed by atoms with Gasteiger partial charge in [0.25, 0.3) is 21.7 Å². The zero-order chi connectivity index (χ0) is 24.6. The fraction of sp³-hybridized carbons (Fsp3) is 0.375. The zero-order valence-electron chi connectivity index (χ0n) is 19.6. The molecule has 1 aromatic heterocycles. The number of amides is 1. The maximum atomic E-state index is 13.6. The molecule has 0 aliphatic carbocycles. The molecule has 10 nitrogen and oxygen atoms in total. The van der Waals surface area contributed by atoms with E-state index in [4.69, 9.17) is 0 Å². The van der Waals surface area contributed by atoms with Gasteiger partial charge in [0.05, 0.1) is 11.1 Å². The zero-order valence-corrected chi connectivity index (χ0v) is 20.4. The van der Waals surface area contributed by atoms with Crippen LogP contribution < -0.4 is 5.56 Å². The van der Waals surface area contributed by atoms with Crippen LogP contribution in [0, 0.1) is 0 Å². The molecular formula is C24H28N6O4S. The van der Waals surface area contributed by atoms with E-state index in [-0.39, 0.29) is 43.3 Å². The number of hydrogen-bond donors (Lipinski definition) is 0. The van der Waals surface area contributed by atoms with Crippen LogP contribution in [0.15, 0.2) is 59.4 Å². The first-order valence-corrected chi connectivity index (χ1v) is 13.1. The SMILES string of the molecule is CN1CCN(S(=O)(=O)N2CCN(C(=O)c3nn(-c4ccccc4)c(=O)c4ccccc34)CC2)CC1. The summed E-state index contributed by atoms with van der Waals surface area (Å²) in [5, 5.41) is 5.36. The lowest BCUT2D eigenvalue weighted by Crippen LogP contribution is -2.57. The van der Waals surface area contributed by atoms with Crippen LogP contribution in [0.5, 0.6) is 0 Å². The molecule has 0 radical (unpaired) electrons. The molecular weight excluding hydrogens is 468 g/mol. The third-order valence-electron chi connectivity index (χ3n) is 6.65. The maximum absolute atomic E-state index is 13.6. The van der Waals surface area contributed by atoms with Gasteiger partial charge in [-0.05, 0) is 25.2 Å². The number of carbonyl (C=O) groups is 1. The van der Waals surface area contributed by atoms with Crippen LogP contribution in [0.1, 0.15) is 10.5 Å². The van der Waals surface area contributed by atoms with Crippen molar-refractivity contribution in [1.29, 1.82) is 0 Å². The fourth-order valence-corrected chi connectivity index (χ4v) is 6.12. The number of benzene rings is 2. The predicted octanol–water partition coefficient (Wildman–Crippen LogP) is 0.636. The predicted molar refractivity (Wildman–Crippen MR) is 133 cm³/mol. The third-order valence-corrected chi connectivity index (χ3v) is 8.68. The third kappa shape index (κ3) is 4.47. The number of carbonyl (C=O) groups excluding carboxylic acids is 1. The number of likely N-dealkylation sites (N-methyl/N-ethyl adjacent to an activating group) is 1. The molecule has 2 saturated heterocycles. The van der Waals surface area contributed by atoms with Crippen LogP contribution >= 0.6 is 0 Å². The molecule has 1 amide bonds. The second-order valence-corrected chi connectivity index (χ2v) is 10.8. The van der Waals surface area contributed by atoms with Gasteiger partial charge in [-0.3, -0.25) is 9.59 Å². The lowest BCUT2D eigenvalue weighted by Gasteiger charge is -2.39. The minimum atomic E-state index is -3.56. The van der Waals surface area contributed by atoms with Gasteiger partial charge >= 0.3 is 0 Å². The van der Waals surface area contributed by atoms with Gasteiger partial charge in [-0.2, -0.15) is 26.8 Å². The summed E-state index contributed by atoms with van der Waals surface area (Å²) in [6.45, 7) is 3.29. The van der Waals surface area contributed by atoms with Gasteiger partial charge in [-0.25, -0.2) is 0 Å². The van der Waals surface area contributed by atoms with E-state index in [0.717, 1.165) is 0 Å². The Morgan fingerprint density at radius 1 is 0.771 bits per heavy atom. The topological polar surface area (TPSA) is 99.1 Å². The van der Waals surface area contributed by atoms with E-state index in [0.29, 0.717) is 42.6 Å². The van der Waals surface area contributed by atoms with Crippen molar-refractivity contribution in [2.75, 3.05) is 59.4 Å². The summed E-state index contributed by atoms with van der Waals surface area (Å²) >= 11 is 0. The molecule has 3 heterocycles. The Bertz CT molecular complexity index is 1390. The average Bonchev–Trinajstić information content (AvgIpc) is 2.89. The molecule has 0 unspecified atom stereocenters. The monoisotopic (exact) mass is 496 g/mol. The Hall–Kier alpha value is -3.12. The molecule has 2 aromatic carbocycles. The summed E-state index contributed by atoms with van der Waals surface area (Å²) in [6, 6.07) is 15.9. The maximum Gasteiger partial charge on any atom is 0.282 e. The summed E-state index contributed by atoms with van der Waals surface area (Å²) in [5.41, 5.74) is 0.450. The second kappa shape index (κ2) is 9.50. The Labute approximate surface area is 204 Å². The van der Waals surface area contributed by atoms with E-state index < -0.39 is 10.2 Å². The molecule has 3 aromatic rings. The van der Waals surface area contributed by atoms with Crippen molar-refractivity contribution < 1.29 is 13.2 Å². The van der Waals surface area contributed by atoms with Gasteiger partial charge in [-0.15, -0.1) is 0 Å². The van der Waals surface area contributed by atoms with Crippen LogP contribution in [0.3, 0.4) is 0 Å². The molecule has 11 heteroatoms. The van der Waals surface area contributed by atoms with E-state index in [1.54, 1.807) is 53.4 Å². The van der Waals surface area contributed by atoms with Crippen molar-refractivity contribution in [3.05, 3.63) is 70.6 Å². The fourth-order valence-electron chi connectivity index (χ4n) is 4.55. The van der Waals surface area contributed by atoms with Gasteiger partial charge in [0.2, 0.25) is 0 Å². The molecule has 0 bridgehead atoms. The van der Waals surface area contributed by atoms with Crippen LogP contribution in [-0.2, 0) is 10.2 Å². The average molecular weight is 497 g/mol. The first-order chi connectivity index (χ1) is 16.9. The van der Waals surface area contributed by atoms with E-state index >= 15 is 0 Å². The van der Waals surface area contributed by atoms with Crippen molar-refractivity contribution in [2.24, 2.45) is 0 Å². The summed E-state index contributed by atoms with van der Waals surface area (Å²) in [5.74, 6) is -0.317. The van der Waals surface area contributed by atoms with Crippen LogP contribution in [0.2, 0.25) is 0 Å². The molecule has 2 aliphatic heterocycles. The largest absolute Gasteiger partial charge is 0.335 e. The molecule has 2 fully saturated rings. The molecule has 0 atom stereocenters. The van der Waals surface area contributed by atoms with Gasteiger partial charge in [-0.1, -0.05) is 36.4 Å². The van der Waals surface area contributed by atoms with E-state index in [1.165, 1.54) is 13.3 Å².